The predicted octanol–water partition coefficient (Wildman–Crippen LogP) is -0.939. The predicted molar refractivity (Wildman–Crippen MR) is 63.9 cm³/mol. The molecule has 0 spiro atoms. The monoisotopic (exact) mass is 267 g/mol. The molecule has 4 N–H and O–H groups in total. The number of hydrogen-bond acceptors (Lipinski definition) is 7. The number of ether oxygens (including phenoxy) is 1. The van der Waals surface area contributed by atoms with Gasteiger partial charge in [0, 0.05) is 18.9 Å². The number of nitrogens with one attached hydrogen (secondary N) is 2. The van der Waals surface area contributed by atoms with Gasteiger partial charge in [-0.05, 0) is 6.92 Å². The first-order valence-corrected chi connectivity index (χ1v) is 5.36. The molecule has 0 bridgehead atoms. The molecule has 1 aromatic heterocycles. The van der Waals surface area contributed by atoms with E-state index in [0.29, 0.717) is 6.54 Å². The summed E-state index contributed by atoms with van der Waals surface area (Å²) >= 11 is 0. The third-order valence-electron chi connectivity index (χ3n) is 1.84. The van der Waals surface area contributed by atoms with E-state index >= 15 is 0 Å². The number of carbonyl (C=O) groups excluding carboxylic acids is 3. The second-order valence-electron chi connectivity index (χ2n) is 3.27. The van der Waals surface area contributed by atoms with Crippen LogP contribution >= 0.6 is 0 Å². The lowest BCUT2D eigenvalue weighted by Crippen LogP contribution is -2.41. The van der Waals surface area contributed by atoms with Crippen molar-refractivity contribution in [1.82, 2.24) is 20.6 Å². The van der Waals surface area contributed by atoms with Crippen LogP contribution in [0.25, 0.3) is 0 Å². The van der Waals surface area contributed by atoms with E-state index in [1.54, 1.807) is 6.92 Å². The average Bonchev–Trinajstić information content (AvgIpc) is 2.36. The van der Waals surface area contributed by atoms with Gasteiger partial charge in [-0.15, -0.1) is 0 Å². The van der Waals surface area contributed by atoms with E-state index in [2.05, 4.69) is 20.0 Å². The second kappa shape index (κ2) is 6.89. The summed E-state index contributed by atoms with van der Waals surface area (Å²) in [5.41, 5.74) is 5.22. The minimum atomic E-state index is -0.892. The fraction of sp³-hybridized carbons (Fsp3) is 0.300. The van der Waals surface area contributed by atoms with Crippen molar-refractivity contribution < 1.29 is 19.1 Å². The number of urea groups is 1. The van der Waals surface area contributed by atoms with Gasteiger partial charge in [-0.1, -0.05) is 0 Å². The van der Waals surface area contributed by atoms with Gasteiger partial charge in [-0.3, -0.25) is 10.1 Å². The summed E-state index contributed by atoms with van der Waals surface area (Å²) < 4.78 is 4.64. The lowest BCUT2D eigenvalue weighted by Gasteiger charge is -2.06. The van der Waals surface area contributed by atoms with Crippen LogP contribution in [0.1, 0.15) is 17.4 Å². The third kappa shape index (κ3) is 4.58. The number of anilines is 1. The zero-order chi connectivity index (χ0) is 14.3. The maximum absolute atomic E-state index is 11.5. The Labute approximate surface area is 108 Å². The molecular formula is C10H13N5O4. The average molecular weight is 267 g/mol. The van der Waals surface area contributed by atoms with E-state index in [1.165, 1.54) is 12.4 Å². The normalized spacial score (nSPS) is 9.53. The van der Waals surface area contributed by atoms with Crippen LogP contribution in [0.15, 0.2) is 12.4 Å². The number of esters is 1. The summed E-state index contributed by atoms with van der Waals surface area (Å²) in [5.74, 6) is -1.75. The first-order valence-electron chi connectivity index (χ1n) is 5.36. The van der Waals surface area contributed by atoms with Gasteiger partial charge in [0.15, 0.2) is 18.1 Å². The molecule has 0 aliphatic carbocycles. The third-order valence-corrected chi connectivity index (χ3v) is 1.84. The van der Waals surface area contributed by atoms with Crippen molar-refractivity contribution in [1.29, 1.82) is 0 Å². The lowest BCUT2D eigenvalue weighted by atomic mass is 10.4. The highest BCUT2D eigenvalue weighted by molar-refractivity contribution is 5.97. The molecular weight excluding hydrogens is 254 g/mol. The van der Waals surface area contributed by atoms with E-state index in [1.807, 2.05) is 5.32 Å². The Morgan fingerprint density at radius 1 is 1.32 bits per heavy atom. The molecule has 0 radical (unpaired) electrons. The van der Waals surface area contributed by atoms with Gasteiger partial charge in [0.1, 0.15) is 0 Å². The van der Waals surface area contributed by atoms with E-state index < -0.39 is 24.5 Å². The lowest BCUT2D eigenvalue weighted by molar-refractivity contribution is -0.123. The molecule has 19 heavy (non-hydrogen) atoms. The molecule has 0 saturated heterocycles. The molecule has 0 fully saturated rings. The molecule has 0 aliphatic heterocycles. The zero-order valence-electron chi connectivity index (χ0n) is 10.2. The van der Waals surface area contributed by atoms with Crippen molar-refractivity contribution in [2.75, 3.05) is 18.9 Å². The Kier molecular flexibility index (Phi) is 5.20. The first-order chi connectivity index (χ1) is 9.04. The minimum absolute atomic E-state index is 0.100. The highest BCUT2D eigenvalue weighted by Crippen LogP contribution is 2.04. The van der Waals surface area contributed by atoms with Crippen molar-refractivity contribution in [3.63, 3.8) is 0 Å². The molecule has 0 saturated carbocycles. The van der Waals surface area contributed by atoms with Crippen LogP contribution in [-0.4, -0.2) is 41.0 Å². The SMILES string of the molecule is CCNC(=O)NC(=O)COC(=O)c1nccnc1N. The van der Waals surface area contributed by atoms with Crippen LogP contribution in [0, 0.1) is 0 Å². The molecule has 1 rings (SSSR count). The van der Waals surface area contributed by atoms with Crippen LogP contribution in [0.5, 0.6) is 0 Å². The standard InChI is InChI=1S/C10H13N5O4/c1-2-12-10(18)15-6(16)5-19-9(17)7-8(11)14-4-3-13-7/h3-4H,2,5H2,1H3,(H2,11,14)(H2,12,15,16,18). The number of rotatable bonds is 4. The fourth-order valence-corrected chi connectivity index (χ4v) is 1.07. The van der Waals surface area contributed by atoms with Crippen LogP contribution in [0.4, 0.5) is 10.6 Å². The van der Waals surface area contributed by atoms with Crippen LogP contribution in [-0.2, 0) is 9.53 Å². The highest BCUT2D eigenvalue weighted by atomic mass is 16.5. The van der Waals surface area contributed by atoms with Crippen molar-refractivity contribution in [3.05, 3.63) is 18.1 Å². The summed E-state index contributed by atoms with van der Waals surface area (Å²) in [6, 6.07) is -0.664. The maximum atomic E-state index is 11.5. The van der Waals surface area contributed by atoms with E-state index in [-0.39, 0.29) is 11.5 Å². The molecule has 0 aromatic carbocycles. The summed E-state index contributed by atoms with van der Waals surface area (Å²) in [5, 5.41) is 4.32. The smallest absolute Gasteiger partial charge is 0.361 e. The van der Waals surface area contributed by atoms with Crippen molar-refractivity contribution in [3.8, 4) is 0 Å². The number of aromatic nitrogens is 2. The van der Waals surface area contributed by atoms with Gasteiger partial charge in [0.25, 0.3) is 5.91 Å². The number of carbonyl (C=O) groups is 3. The molecule has 0 unspecified atom stereocenters. The van der Waals surface area contributed by atoms with Crippen molar-refractivity contribution in [2.24, 2.45) is 0 Å². The van der Waals surface area contributed by atoms with Gasteiger partial charge in [0.05, 0.1) is 0 Å². The topological polar surface area (TPSA) is 136 Å². The number of nitrogens with two attached hydrogens (primary N) is 1. The molecule has 102 valence electrons. The second-order valence-corrected chi connectivity index (χ2v) is 3.27. The molecule has 9 nitrogen and oxygen atoms in total. The Morgan fingerprint density at radius 3 is 2.63 bits per heavy atom. The van der Waals surface area contributed by atoms with Gasteiger partial charge < -0.3 is 15.8 Å². The van der Waals surface area contributed by atoms with Crippen LogP contribution in [0.3, 0.4) is 0 Å². The quantitative estimate of drug-likeness (QED) is 0.599. The molecule has 9 heteroatoms. The summed E-state index contributed by atoms with van der Waals surface area (Å²) in [4.78, 5) is 41.0. The number of nitrogens with zero attached hydrogens (tertiary/aromatic N) is 2. The Hall–Kier alpha value is -2.71. The Bertz CT molecular complexity index is 491. The Morgan fingerprint density at radius 2 is 2.00 bits per heavy atom. The summed E-state index contributed by atoms with van der Waals surface area (Å²) in [6.45, 7) is 1.45. The number of nitrogen functional groups attached to an aromatic ring is 1. The number of hydrogen-bond donors (Lipinski definition) is 3. The molecule has 3 amide bonds. The highest BCUT2D eigenvalue weighted by Gasteiger charge is 2.16. The van der Waals surface area contributed by atoms with Gasteiger partial charge in [-0.2, -0.15) is 0 Å². The maximum Gasteiger partial charge on any atom is 0.361 e. The van der Waals surface area contributed by atoms with Crippen LogP contribution in [0.2, 0.25) is 0 Å². The Balaban J connectivity index is 2.45. The first kappa shape index (κ1) is 14.4. The van der Waals surface area contributed by atoms with Gasteiger partial charge >= 0.3 is 12.0 Å². The van der Waals surface area contributed by atoms with Crippen molar-refractivity contribution >= 4 is 23.7 Å². The molecule has 1 heterocycles. The zero-order valence-corrected chi connectivity index (χ0v) is 10.2. The number of amides is 3. The minimum Gasteiger partial charge on any atom is -0.451 e. The fourth-order valence-electron chi connectivity index (χ4n) is 1.07. The molecule has 1 aromatic rings. The molecule has 0 atom stereocenters. The van der Waals surface area contributed by atoms with Gasteiger partial charge in [0.2, 0.25) is 0 Å². The van der Waals surface area contributed by atoms with Crippen molar-refractivity contribution in [2.45, 2.75) is 6.92 Å². The van der Waals surface area contributed by atoms with Gasteiger partial charge in [-0.25, -0.2) is 19.6 Å². The van der Waals surface area contributed by atoms with E-state index in [9.17, 15) is 14.4 Å². The van der Waals surface area contributed by atoms with Crippen LogP contribution < -0.4 is 16.4 Å². The summed E-state index contributed by atoms with van der Waals surface area (Å²) in [6.07, 6.45) is 2.58. The summed E-state index contributed by atoms with van der Waals surface area (Å²) in [7, 11) is 0. The largest absolute Gasteiger partial charge is 0.451 e. The van der Waals surface area contributed by atoms with E-state index in [4.69, 9.17) is 5.73 Å². The van der Waals surface area contributed by atoms with E-state index in [0.717, 1.165) is 0 Å². The molecule has 0 aliphatic rings. The number of imide groups is 1.